The summed E-state index contributed by atoms with van der Waals surface area (Å²) in [6, 6.07) is 8.49. The SMILES string of the molecule is Nc1onc(-c2cccnc2)c1C(=O)NCc1ccc(OC(F)(F)F)cc1. The van der Waals surface area contributed by atoms with Gasteiger partial charge in [-0.3, -0.25) is 9.78 Å². The molecule has 0 aliphatic carbocycles. The van der Waals surface area contributed by atoms with Gasteiger partial charge in [0, 0.05) is 24.5 Å². The van der Waals surface area contributed by atoms with Crippen molar-refractivity contribution in [2.75, 3.05) is 5.73 Å². The van der Waals surface area contributed by atoms with Crippen molar-refractivity contribution < 1.29 is 27.2 Å². The first-order valence-corrected chi connectivity index (χ1v) is 7.62. The molecular weight excluding hydrogens is 365 g/mol. The summed E-state index contributed by atoms with van der Waals surface area (Å²) in [5, 5.41) is 6.40. The number of amides is 1. The van der Waals surface area contributed by atoms with Crippen LogP contribution in [0.15, 0.2) is 53.3 Å². The Bertz CT molecular complexity index is 925. The van der Waals surface area contributed by atoms with Crippen molar-refractivity contribution in [2.45, 2.75) is 12.9 Å². The van der Waals surface area contributed by atoms with Gasteiger partial charge in [0.25, 0.3) is 5.91 Å². The Hall–Kier alpha value is -3.56. The van der Waals surface area contributed by atoms with E-state index in [1.807, 2.05) is 0 Å². The maximum atomic E-state index is 12.5. The fourth-order valence-corrected chi connectivity index (χ4v) is 2.30. The number of hydrogen-bond acceptors (Lipinski definition) is 6. The number of benzene rings is 1. The summed E-state index contributed by atoms with van der Waals surface area (Å²) < 4.78 is 45.2. The van der Waals surface area contributed by atoms with E-state index in [2.05, 4.69) is 20.2 Å². The molecule has 140 valence electrons. The standard InChI is InChI=1S/C17H13F3N4O3/c18-17(19,20)26-12-5-3-10(4-6-12)8-23-16(25)13-14(24-27-15(13)21)11-2-1-7-22-9-11/h1-7,9H,8,21H2,(H,23,25). The maximum absolute atomic E-state index is 12.5. The highest BCUT2D eigenvalue weighted by molar-refractivity contribution is 6.03. The van der Waals surface area contributed by atoms with Crippen molar-refractivity contribution in [3.8, 4) is 17.0 Å². The van der Waals surface area contributed by atoms with Crippen LogP contribution in [0.1, 0.15) is 15.9 Å². The molecule has 0 aliphatic rings. The normalized spacial score (nSPS) is 11.2. The molecule has 3 rings (SSSR count). The van der Waals surface area contributed by atoms with Crippen molar-refractivity contribution in [3.05, 3.63) is 59.9 Å². The second-order valence-corrected chi connectivity index (χ2v) is 5.39. The molecule has 0 saturated heterocycles. The van der Waals surface area contributed by atoms with E-state index in [9.17, 15) is 18.0 Å². The number of carbonyl (C=O) groups excluding carboxylic acids is 1. The summed E-state index contributed by atoms with van der Waals surface area (Å²) in [4.78, 5) is 16.4. The zero-order chi connectivity index (χ0) is 19.4. The van der Waals surface area contributed by atoms with Gasteiger partial charge in [-0.15, -0.1) is 13.2 Å². The Morgan fingerprint density at radius 2 is 1.96 bits per heavy atom. The van der Waals surface area contributed by atoms with Crippen LogP contribution in [0.2, 0.25) is 0 Å². The minimum absolute atomic E-state index is 0.0556. The number of aromatic nitrogens is 2. The molecule has 3 aromatic rings. The first kappa shape index (κ1) is 18.2. The number of pyridine rings is 1. The third-order valence-electron chi connectivity index (χ3n) is 3.49. The van der Waals surface area contributed by atoms with Gasteiger partial charge in [-0.05, 0) is 29.8 Å². The third kappa shape index (κ3) is 4.54. The van der Waals surface area contributed by atoms with Crippen LogP contribution in [0.3, 0.4) is 0 Å². The molecule has 7 nitrogen and oxygen atoms in total. The number of ether oxygens (including phenoxy) is 1. The molecule has 1 amide bonds. The van der Waals surface area contributed by atoms with Gasteiger partial charge < -0.3 is 20.3 Å². The second kappa shape index (κ2) is 7.36. The number of nitrogens with one attached hydrogen (secondary N) is 1. The Morgan fingerprint density at radius 3 is 2.59 bits per heavy atom. The van der Waals surface area contributed by atoms with Crippen molar-refractivity contribution in [2.24, 2.45) is 0 Å². The summed E-state index contributed by atoms with van der Waals surface area (Å²) in [6.07, 6.45) is -1.68. The summed E-state index contributed by atoms with van der Waals surface area (Å²) >= 11 is 0. The lowest BCUT2D eigenvalue weighted by atomic mass is 10.1. The molecule has 0 radical (unpaired) electrons. The molecule has 0 fully saturated rings. The average Bonchev–Trinajstić information content (AvgIpc) is 3.02. The van der Waals surface area contributed by atoms with Crippen LogP contribution < -0.4 is 15.8 Å². The Balaban J connectivity index is 1.69. The van der Waals surface area contributed by atoms with E-state index >= 15 is 0 Å². The van der Waals surface area contributed by atoms with Gasteiger partial charge in [-0.1, -0.05) is 17.3 Å². The average molecular weight is 378 g/mol. The molecule has 3 N–H and O–H groups in total. The number of alkyl halides is 3. The van der Waals surface area contributed by atoms with Crippen molar-refractivity contribution in [1.29, 1.82) is 0 Å². The lowest BCUT2D eigenvalue weighted by molar-refractivity contribution is -0.274. The fraction of sp³-hybridized carbons (Fsp3) is 0.118. The zero-order valence-corrected chi connectivity index (χ0v) is 13.7. The number of rotatable bonds is 5. The fourth-order valence-electron chi connectivity index (χ4n) is 2.30. The lowest BCUT2D eigenvalue weighted by Crippen LogP contribution is -2.24. The van der Waals surface area contributed by atoms with Gasteiger partial charge in [0.1, 0.15) is 17.0 Å². The smallest absolute Gasteiger partial charge is 0.406 e. The summed E-state index contributed by atoms with van der Waals surface area (Å²) in [5.74, 6) is -1.04. The molecule has 10 heteroatoms. The predicted octanol–water partition coefficient (Wildman–Crippen LogP) is 3.15. The van der Waals surface area contributed by atoms with Gasteiger partial charge >= 0.3 is 6.36 Å². The highest BCUT2D eigenvalue weighted by Crippen LogP contribution is 2.26. The van der Waals surface area contributed by atoms with Gasteiger partial charge in [0.15, 0.2) is 0 Å². The van der Waals surface area contributed by atoms with Crippen LogP contribution in [0, 0.1) is 0 Å². The molecular formula is C17H13F3N4O3. The van der Waals surface area contributed by atoms with Crippen LogP contribution >= 0.6 is 0 Å². The van der Waals surface area contributed by atoms with E-state index in [0.29, 0.717) is 11.1 Å². The van der Waals surface area contributed by atoms with Crippen LogP contribution in [0.5, 0.6) is 5.75 Å². The first-order chi connectivity index (χ1) is 12.8. The number of carbonyl (C=O) groups is 1. The van der Waals surface area contributed by atoms with E-state index in [1.165, 1.54) is 18.3 Å². The molecule has 0 atom stereocenters. The van der Waals surface area contributed by atoms with E-state index in [-0.39, 0.29) is 29.4 Å². The Kier molecular flexibility index (Phi) is 4.97. The molecule has 0 unspecified atom stereocenters. The van der Waals surface area contributed by atoms with Gasteiger partial charge in [0.2, 0.25) is 5.88 Å². The van der Waals surface area contributed by atoms with E-state index in [1.54, 1.807) is 18.3 Å². The summed E-state index contributed by atoms with van der Waals surface area (Å²) in [5.41, 5.74) is 7.11. The van der Waals surface area contributed by atoms with Crippen molar-refractivity contribution in [3.63, 3.8) is 0 Å². The van der Waals surface area contributed by atoms with Crippen molar-refractivity contribution >= 4 is 11.8 Å². The molecule has 0 spiro atoms. The van der Waals surface area contributed by atoms with Crippen LogP contribution in [0.25, 0.3) is 11.3 Å². The Morgan fingerprint density at radius 1 is 1.22 bits per heavy atom. The highest BCUT2D eigenvalue weighted by atomic mass is 19.4. The van der Waals surface area contributed by atoms with E-state index in [0.717, 1.165) is 12.1 Å². The van der Waals surface area contributed by atoms with E-state index < -0.39 is 12.3 Å². The monoisotopic (exact) mass is 378 g/mol. The largest absolute Gasteiger partial charge is 0.573 e. The minimum Gasteiger partial charge on any atom is -0.406 e. The number of anilines is 1. The van der Waals surface area contributed by atoms with Crippen LogP contribution in [0.4, 0.5) is 19.1 Å². The number of nitrogens with two attached hydrogens (primary N) is 1. The maximum Gasteiger partial charge on any atom is 0.573 e. The molecule has 2 aromatic heterocycles. The first-order valence-electron chi connectivity index (χ1n) is 7.62. The van der Waals surface area contributed by atoms with Gasteiger partial charge in [0.05, 0.1) is 0 Å². The molecule has 2 heterocycles. The molecule has 0 bridgehead atoms. The van der Waals surface area contributed by atoms with Gasteiger partial charge in [-0.25, -0.2) is 0 Å². The molecule has 0 aliphatic heterocycles. The molecule has 0 saturated carbocycles. The third-order valence-corrected chi connectivity index (χ3v) is 3.49. The lowest BCUT2D eigenvalue weighted by Gasteiger charge is -2.10. The van der Waals surface area contributed by atoms with Crippen molar-refractivity contribution in [1.82, 2.24) is 15.5 Å². The highest BCUT2D eigenvalue weighted by Gasteiger charge is 2.31. The number of nitrogens with zero attached hydrogens (tertiary/aromatic N) is 2. The predicted molar refractivity (Wildman–Crippen MR) is 88.4 cm³/mol. The number of halogens is 3. The topological polar surface area (TPSA) is 103 Å². The molecule has 1 aromatic carbocycles. The summed E-state index contributed by atoms with van der Waals surface area (Å²) in [6.45, 7) is 0.0578. The molecule has 27 heavy (non-hydrogen) atoms. The van der Waals surface area contributed by atoms with Crippen LogP contribution in [-0.2, 0) is 6.54 Å². The van der Waals surface area contributed by atoms with Gasteiger partial charge in [-0.2, -0.15) is 0 Å². The second-order valence-electron chi connectivity index (χ2n) is 5.39. The van der Waals surface area contributed by atoms with E-state index in [4.69, 9.17) is 10.3 Å². The quantitative estimate of drug-likeness (QED) is 0.707. The number of hydrogen-bond donors (Lipinski definition) is 2. The zero-order valence-electron chi connectivity index (χ0n) is 13.7. The summed E-state index contributed by atoms with van der Waals surface area (Å²) in [7, 11) is 0. The minimum atomic E-state index is -4.76. The Labute approximate surface area is 150 Å². The van der Waals surface area contributed by atoms with Crippen LogP contribution in [-0.4, -0.2) is 22.4 Å². The number of nitrogen functional groups attached to an aromatic ring is 1.